The molecule has 1 nitrogen and oxygen atoms in total. The monoisotopic (exact) mass is 364 g/mol. The Bertz CT molecular complexity index is 394. The van der Waals surface area contributed by atoms with Crippen molar-refractivity contribution in [2.45, 2.75) is 17.3 Å². The number of halogens is 5. The molecule has 0 fully saturated rings. The van der Waals surface area contributed by atoms with Crippen molar-refractivity contribution in [2.24, 2.45) is 0 Å². The number of rotatable bonds is 1. The normalized spacial score (nSPS) is 14.0. The van der Waals surface area contributed by atoms with Gasteiger partial charge in [-0.1, -0.05) is 15.9 Å². The SMILES string of the molecule is Cc1cc(Br)cc(Br)c1S(=O)C(F)(F)F. The van der Waals surface area contributed by atoms with Crippen LogP contribution in [-0.4, -0.2) is 9.72 Å². The van der Waals surface area contributed by atoms with Gasteiger partial charge >= 0.3 is 5.51 Å². The highest BCUT2D eigenvalue weighted by atomic mass is 79.9. The van der Waals surface area contributed by atoms with Gasteiger partial charge in [-0.15, -0.1) is 0 Å². The van der Waals surface area contributed by atoms with Gasteiger partial charge in [-0.2, -0.15) is 13.2 Å². The molecule has 1 aromatic rings. The molecule has 1 atom stereocenters. The minimum Gasteiger partial charge on any atom is -0.245 e. The second kappa shape index (κ2) is 4.55. The molecule has 0 spiro atoms. The Balaban J connectivity index is 3.33. The van der Waals surface area contributed by atoms with Crippen LogP contribution in [0.3, 0.4) is 0 Å². The van der Waals surface area contributed by atoms with E-state index < -0.39 is 16.3 Å². The molecule has 0 radical (unpaired) electrons. The molecule has 0 aliphatic carbocycles. The zero-order valence-electron chi connectivity index (χ0n) is 7.36. The topological polar surface area (TPSA) is 17.1 Å². The molecule has 1 rings (SSSR count). The van der Waals surface area contributed by atoms with Crippen LogP contribution in [0.15, 0.2) is 26.0 Å². The second-order valence-electron chi connectivity index (χ2n) is 2.75. The standard InChI is InChI=1S/C8H5Br2F3OS/c1-4-2-5(9)3-6(10)7(4)15(14)8(11,12)13/h2-3H,1H3. The summed E-state index contributed by atoms with van der Waals surface area (Å²) in [7, 11) is -3.00. The second-order valence-corrected chi connectivity index (χ2v) is 5.93. The first kappa shape index (κ1) is 13.2. The summed E-state index contributed by atoms with van der Waals surface area (Å²) in [6.45, 7) is 1.48. The highest BCUT2D eigenvalue weighted by Crippen LogP contribution is 2.34. The van der Waals surface area contributed by atoms with Gasteiger partial charge in [0.1, 0.15) is 0 Å². The number of benzene rings is 1. The molecule has 0 aromatic heterocycles. The van der Waals surface area contributed by atoms with E-state index in [1.54, 1.807) is 0 Å². The molecule has 0 aliphatic rings. The van der Waals surface area contributed by atoms with Crippen LogP contribution in [0, 0.1) is 6.92 Å². The van der Waals surface area contributed by atoms with Crippen LogP contribution < -0.4 is 0 Å². The van der Waals surface area contributed by atoms with Crippen molar-refractivity contribution in [1.82, 2.24) is 0 Å². The van der Waals surface area contributed by atoms with Crippen LogP contribution in [0.4, 0.5) is 13.2 Å². The fourth-order valence-electron chi connectivity index (χ4n) is 1.04. The number of alkyl halides is 3. The molecule has 0 saturated heterocycles. The third kappa shape index (κ3) is 3.04. The van der Waals surface area contributed by atoms with Crippen molar-refractivity contribution in [1.29, 1.82) is 0 Å². The van der Waals surface area contributed by atoms with E-state index in [4.69, 9.17) is 0 Å². The first-order valence-corrected chi connectivity index (χ1v) is 6.41. The lowest BCUT2D eigenvalue weighted by Gasteiger charge is -2.11. The fraction of sp³-hybridized carbons (Fsp3) is 0.250. The molecule has 0 heterocycles. The Kier molecular flexibility index (Phi) is 4.00. The zero-order valence-corrected chi connectivity index (χ0v) is 11.3. The molecule has 1 unspecified atom stereocenters. The molecule has 0 bridgehead atoms. The highest BCUT2D eigenvalue weighted by molar-refractivity contribution is 9.11. The van der Waals surface area contributed by atoms with E-state index >= 15 is 0 Å². The molecule has 0 aliphatic heterocycles. The molecule has 0 amide bonds. The maximum Gasteiger partial charge on any atom is 0.475 e. The van der Waals surface area contributed by atoms with Crippen LogP contribution in [-0.2, 0) is 10.8 Å². The minimum atomic E-state index is -4.74. The maximum absolute atomic E-state index is 12.3. The van der Waals surface area contributed by atoms with Gasteiger partial charge in [-0.3, -0.25) is 0 Å². The van der Waals surface area contributed by atoms with E-state index in [1.165, 1.54) is 19.1 Å². The van der Waals surface area contributed by atoms with E-state index in [2.05, 4.69) is 31.9 Å². The predicted molar refractivity (Wildman–Crippen MR) is 59.0 cm³/mol. The van der Waals surface area contributed by atoms with E-state index in [-0.39, 0.29) is 9.37 Å². The predicted octanol–water partition coefficient (Wildman–Crippen LogP) is 4.15. The Labute approximate surface area is 104 Å². The maximum atomic E-state index is 12.3. The summed E-state index contributed by atoms with van der Waals surface area (Å²) in [5.41, 5.74) is -4.41. The van der Waals surface area contributed by atoms with Crippen LogP contribution >= 0.6 is 31.9 Å². The number of hydrogen-bond donors (Lipinski definition) is 0. The van der Waals surface area contributed by atoms with Crippen molar-refractivity contribution < 1.29 is 17.4 Å². The summed E-state index contributed by atoms with van der Waals surface area (Å²) < 4.78 is 48.8. The van der Waals surface area contributed by atoms with Gasteiger partial charge in [0.05, 0.1) is 4.90 Å². The summed E-state index contributed by atoms with van der Waals surface area (Å²) in [5, 5.41) is 0. The average molecular weight is 366 g/mol. The first-order chi connectivity index (χ1) is 6.73. The third-order valence-corrected chi connectivity index (χ3v) is 4.27. The van der Waals surface area contributed by atoms with Gasteiger partial charge in [0.2, 0.25) is 0 Å². The Morgan fingerprint density at radius 2 is 1.80 bits per heavy atom. The molecular formula is C8H5Br2F3OS. The summed E-state index contributed by atoms with van der Waals surface area (Å²) in [4.78, 5) is -0.231. The van der Waals surface area contributed by atoms with Gasteiger partial charge in [0.15, 0.2) is 10.8 Å². The fourth-order valence-corrected chi connectivity index (χ4v) is 3.74. The van der Waals surface area contributed by atoms with Gasteiger partial charge in [-0.25, -0.2) is 4.21 Å². The van der Waals surface area contributed by atoms with Crippen molar-refractivity contribution in [3.63, 3.8) is 0 Å². The number of hydrogen-bond acceptors (Lipinski definition) is 1. The molecule has 84 valence electrons. The van der Waals surface area contributed by atoms with Crippen LogP contribution in [0.5, 0.6) is 0 Å². The van der Waals surface area contributed by atoms with Crippen molar-refractivity contribution >= 4 is 42.7 Å². The largest absolute Gasteiger partial charge is 0.475 e. The molecule has 1 aromatic carbocycles. The Hall–Kier alpha value is 0.120. The van der Waals surface area contributed by atoms with E-state index in [1.807, 2.05) is 0 Å². The van der Waals surface area contributed by atoms with Crippen molar-refractivity contribution in [3.05, 3.63) is 26.6 Å². The minimum absolute atomic E-state index is 0.185. The molecule has 15 heavy (non-hydrogen) atoms. The lowest BCUT2D eigenvalue weighted by Crippen LogP contribution is -2.17. The van der Waals surface area contributed by atoms with E-state index in [0.717, 1.165) is 0 Å². The quantitative estimate of drug-likeness (QED) is 0.730. The van der Waals surface area contributed by atoms with Gasteiger partial charge in [0, 0.05) is 8.95 Å². The third-order valence-electron chi connectivity index (χ3n) is 1.59. The first-order valence-electron chi connectivity index (χ1n) is 3.67. The average Bonchev–Trinajstić information content (AvgIpc) is 1.99. The van der Waals surface area contributed by atoms with E-state index in [9.17, 15) is 17.4 Å². The van der Waals surface area contributed by atoms with E-state index in [0.29, 0.717) is 10.0 Å². The molecule has 0 saturated carbocycles. The van der Waals surface area contributed by atoms with Crippen LogP contribution in [0.2, 0.25) is 0 Å². The summed E-state index contributed by atoms with van der Waals surface area (Å²) >= 11 is 6.10. The van der Waals surface area contributed by atoms with Gasteiger partial charge in [0.25, 0.3) is 0 Å². The van der Waals surface area contributed by atoms with Gasteiger partial charge in [-0.05, 0) is 40.5 Å². The number of aryl methyl sites for hydroxylation is 1. The molecule has 7 heteroatoms. The molecule has 0 N–H and O–H groups in total. The molecular weight excluding hydrogens is 361 g/mol. The summed E-state index contributed by atoms with van der Waals surface area (Å²) in [6.07, 6.45) is 0. The summed E-state index contributed by atoms with van der Waals surface area (Å²) in [5.74, 6) is 0. The Morgan fingerprint density at radius 1 is 1.27 bits per heavy atom. The van der Waals surface area contributed by atoms with Crippen LogP contribution in [0.25, 0.3) is 0 Å². The smallest absolute Gasteiger partial charge is 0.245 e. The van der Waals surface area contributed by atoms with Crippen molar-refractivity contribution in [2.75, 3.05) is 0 Å². The zero-order chi connectivity index (χ0) is 11.8. The van der Waals surface area contributed by atoms with Crippen molar-refractivity contribution in [3.8, 4) is 0 Å². The Morgan fingerprint density at radius 3 is 2.20 bits per heavy atom. The lowest BCUT2D eigenvalue weighted by molar-refractivity contribution is -0.0385. The van der Waals surface area contributed by atoms with Crippen LogP contribution in [0.1, 0.15) is 5.56 Å². The van der Waals surface area contributed by atoms with Gasteiger partial charge < -0.3 is 0 Å². The summed E-state index contributed by atoms with van der Waals surface area (Å²) in [6, 6.07) is 2.93. The highest BCUT2D eigenvalue weighted by Gasteiger charge is 2.39. The lowest BCUT2D eigenvalue weighted by atomic mass is 10.2.